The molecule has 0 spiro atoms. The summed E-state index contributed by atoms with van der Waals surface area (Å²) in [4.78, 5) is 9.84. The first kappa shape index (κ1) is 15.6. The van der Waals surface area contributed by atoms with E-state index >= 15 is 0 Å². The summed E-state index contributed by atoms with van der Waals surface area (Å²) in [5.41, 5.74) is 2.86. The summed E-state index contributed by atoms with van der Waals surface area (Å²) in [5, 5.41) is 8.94. The van der Waals surface area contributed by atoms with E-state index in [0.29, 0.717) is 18.4 Å². The largest absolute Gasteiger partial charge is 0.395 e. The van der Waals surface area contributed by atoms with Gasteiger partial charge in [-0.25, -0.2) is 9.67 Å². The average molecular weight is 346 g/mol. The highest BCUT2D eigenvalue weighted by Gasteiger charge is 2.51. The van der Waals surface area contributed by atoms with Gasteiger partial charge in [0.15, 0.2) is 0 Å². The second-order valence-electron chi connectivity index (χ2n) is 7.67. The Morgan fingerprint density at radius 1 is 1.19 bits per heavy atom. The van der Waals surface area contributed by atoms with E-state index in [-0.39, 0.29) is 5.54 Å². The molecule has 0 atom stereocenters. The number of benzene rings is 1. The molecule has 0 saturated heterocycles. The molecular formula is C21H22N4O. The minimum atomic E-state index is -0.221. The van der Waals surface area contributed by atoms with Crippen LogP contribution in [0.3, 0.4) is 0 Å². The third-order valence-corrected chi connectivity index (χ3v) is 5.34. The lowest BCUT2D eigenvalue weighted by Gasteiger charge is -2.18. The zero-order chi connectivity index (χ0) is 17.4. The minimum Gasteiger partial charge on any atom is -0.395 e. The van der Waals surface area contributed by atoms with Crippen molar-refractivity contribution in [1.29, 1.82) is 0 Å². The summed E-state index contributed by atoms with van der Waals surface area (Å²) < 4.78 is 1.92. The van der Waals surface area contributed by atoms with Gasteiger partial charge in [0.25, 0.3) is 0 Å². The fourth-order valence-corrected chi connectivity index (χ4v) is 3.14. The van der Waals surface area contributed by atoms with Gasteiger partial charge in [-0.05, 0) is 56.6 Å². The molecule has 0 N–H and O–H groups in total. The lowest BCUT2D eigenvalue weighted by atomic mass is 10.00. The van der Waals surface area contributed by atoms with E-state index in [4.69, 9.17) is 4.84 Å². The van der Waals surface area contributed by atoms with Crippen molar-refractivity contribution in [2.45, 2.75) is 44.1 Å². The van der Waals surface area contributed by atoms with Crippen LogP contribution in [-0.2, 0) is 10.4 Å². The molecule has 0 unspecified atom stereocenters. The molecule has 1 aromatic heterocycles. The standard InChI is InChI=1S/C21H22N4O/c1-2-16(1)3-4-17-7-9-19(10-8-17)20(24-26-13-18-5-6-18)21(11-12-21)25-15-22-14-23-25/h7-10,14-16,18H,1-2,5-6,11-13H2/b24-20+. The van der Waals surface area contributed by atoms with Gasteiger partial charge < -0.3 is 4.84 Å². The first-order valence-electron chi connectivity index (χ1n) is 9.51. The van der Waals surface area contributed by atoms with Crippen molar-refractivity contribution >= 4 is 5.71 Å². The van der Waals surface area contributed by atoms with Crippen molar-refractivity contribution < 1.29 is 4.84 Å². The van der Waals surface area contributed by atoms with Gasteiger partial charge in [-0.2, -0.15) is 5.10 Å². The van der Waals surface area contributed by atoms with Gasteiger partial charge >= 0.3 is 0 Å². The number of aromatic nitrogens is 3. The predicted molar refractivity (Wildman–Crippen MR) is 98.5 cm³/mol. The fraction of sp³-hybridized carbons (Fsp3) is 0.476. The molecule has 3 fully saturated rings. The molecule has 0 radical (unpaired) electrons. The Hall–Kier alpha value is -2.61. The van der Waals surface area contributed by atoms with Crippen molar-refractivity contribution in [3.05, 3.63) is 48.0 Å². The smallest absolute Gasteiger partial charge is 0.137 e. The first-order valence-corrected chi connectivity index (χ1v) is 9.51. The van der Waals surface area contributed by atoms with Crippen LogP contribution in [0, 0.1) is 23.7 Å². The van der Waals surface area contributed by atoms with E-state index in [0.717, 1.165) is 29.7 Å². The van der Waals surface area contributed by atoms with Crippen LogP contribution < -0.4 is 0 Å². The van der Waals surface area contributed by atoms with Crippen LogP contribution in [0.4, 0.5) is 0 Å². The third-order valence-electron chi connectivity index (χ3n) is 5.34. The molecule has 0 bridgehead atoms. The Bertz CT molecular complexity index is 861. The van der Waals surface area contributed by atoms with Gasteiger partial charge in [-0.15, -0.1) is 0 Å². The molecule has 0 amide bonds. The van der Waals surface area contributed by atoms with E-state index in [1.807, 2.05) is 4.68 Å². The van der Waals surface area contributed by atoms with Crippen molar-refractivity contribution in [3.8, 4) is 11.8 Å². The third kappa shape index (κ3) is 3.24. The van der Waals surface area contributed by atoms with Crippen molar-refractivity contribution in [2.24, 2.45) is 17.0 Å². The van der Waals surface area contributed by atoms with Gasteiger partial charge in [0.1, 0.15) is 30.5 Å². The van der Waals surface area contributed by atoms with Crippen molar-refractivity contribution in [3.63, 3.8) is 0 Å². The highest BCUT2D eigenvalue weighted by Crippen LogP contribution is 2.46. The highest BCUT2D eigenvalue weighted by atomic mass is 16.6. The molecule has 132 valence electrons. The molecule has 1 aromatic carbocycles. The van der Waals surface area contributed by atoms with Crippen LogP contribution in [0.15, 0.2) is 42.1 Å². The second kappa shape index (κ2) is 6.28. The molecular weight excluding hydrogens is 324 g/mol. The topological polar surface area (TPSA) is 52.3 Å². The summed E-state index contributed by atoms with van der Waals surface area (Å²) in [6, 6.07) is 8.37. The summed E-state index contributed by atoms with van der Waals surface area (Å²) in [7, 11) is 0. The minimum absolute atomic E-state index is 0.221. The molecule has 1 heterocycles. The van der Waals surface area contributed by atoms with Crippen LogP contribution in [0.1, 0.15) is 49.7 Å². The molecule has 2 aromatic rings. The maximum absolute atomic E-state index is 5.71. The number of hydrogen-bond donors (Lipinski definition) is 0. The van der Waals surface area contributed by atoms with Gasteiger partial charge in [0.05, 0.1) is 0 Å². The van der Waals surface area contributed by atoms with Crippen LogP contribution >= 0.6 is 0 Å². The van der Waals surface area contributed by atoms with E-state index < -0.39 is 0 Å². The lowest BCUT2D eigenvalue weighted by molar-refractivity contribution is 0.132. The van der Waals surface area contributed by atoms with Crippen LogP contribution in [0.2, 0.25) is 0 Å². The molecule has 5 nitrogen and oxygen atoms in total. The number of hydrogen-bond acceptors (Lipinski definition) is 4. The maximum Gasteiger partial charge on any atom is 0.137 e. The number of oxime groups is 1. The fourth-order valence-electron chi connectivity index (χ4n) is 3.14. The van der Waals surface area contributed by atoms with Crippen LogP contribution in [0.5, 0.6) is 0 Å². The summed E-state index contributed by atoms with van der Waals surface area (Å²) in [6.45, 7) is 0.710. The molecule has 3 aliphatic rings. The zero-order valence-corrected chi connectivity index (χ0v) is 14.8. The van der Waals surface area contributed by atoms with E-state index in [9.17, 15) is 0 Å². The molecule has 0 aliphatic heterocycles. The van der Waals surface area contributed by atoms with Gasteiger partial charge in [-0.3, -0.25) is 0 Å². The Morgan fingerprint density at radius 2 is 2.00 bits per heavy atom. The van der Waals surface area contributed by atoms with E-state index in [1.165, 1.54) is 25.7 Å². The summed E-state index contributed by atoms with van der Waals surface area (Å²) in [6.07, 6.45) is 10.4. The Labute approximate surface area is 153 Å². The summed E-state index contributed by atoms with van der Waals surface area (Å²) in [5.74, 6) is 7.88. The van der Waals surface area contributed by atoms with Crippen LogP contribution in [0.25, 0.3) is 0 Å². The normalized spacial score (nSPS) is 21.0. The molecule has 3 saturated carbocycles. The Morgan fingerprint density at radius 3 is 2.62 bits per heavy atom. The molecule has 26 heavy (non-hydrogen) atoms. The molecule has 3 aliphatic carbocycles. The number of rotatable bonds is 6. The second-order valence-corrected chi connectivity index (χ2v) is 7.67. The quantitative estimate of drug-likeness (QED) is 0.458. The molecule has 5 heteroatoms. The zero-order valence-electron chi connectivity index (χ0n) is 14.8. The van der Waals surface area contributed by atoms with Gasteiger partial charge in [0.2, 0.25) is 0 Å². The van der Waals surface area contributed by atoms with Gasteiger partial charge in [0, 0.05) is 17.0 Å². The first-order chi connectivity index (χ1) is 12.8. The Kier molecular flexibility index (Phi) is 3.77. The number of nitrogens with zero attached hydrogens (tertiary/aromatic N) is 4. The lowest BCUT2D eigenvalue weighted by Crippen LogP contribution is -2.29. The van der Waals surface area contributed by atoms with E-state index in [2.05, 4.69) is 51.3 Å². The predicted octanol–water partition coefficient (Wildman–Crippen LogP) is 3.36. The van der Waals surface area contributed by atoms with Crippen LogP contribution in [-0.4, -0.2) is 27.1 Å². The van der Waals surface area contributed by atoms with E-state index in [1.54, 1.807) is 12.7 Å². The SMILES string of the molecule is C(#CC1CC1)c1ccc(/C(=N\OCC2CC2)C2(n3cncn3)CC2)cc1. The highest BCUT2D eigenvalue weighted by molar-refractivity contribution is 6.07. The van der Waals surface area contributed by atoms with Crippen molar-refractivity contribution in [1.82, 2.24) is 14.8 Å². The molecule has 5 rings (SSSR count). The monoisotopic (exact) mass is 346 g/mol. The Balaban J connectivity index is 1.42. The van der Waals surface area contributed by atoms with Gasteiger partial charge in [-0.1, -0.05) is 29.1 Å². The maximum atomic E-state index is 5.71. The summed E-state index contributed by atoms with van der Waals surface area (Å²) >= 11 is 0. The van der Waals surface area contributed by atoms with Crippen molar-refractivity contribution in [2.75, 3.05) is 6.61 Å². The average Bonchev–Trinajstić information content (AvgIpc) is 3.56.